The highest BCUT2D eigenvalue weighted by Gasteiger charge is 2.24. The fraction of sp³-hybridized carbons (Fsp3) is 0.500. The SMILES string of the molecule is CCC1NCCn2c(-c3ccc(C)nc3C)nnc21. The lowest BCUT2D eigenvalue weighted by Gasteiger charge is -2.24. The molecule has 3 rings (SSSR count). The lowest BCUT2D eigenvalue weighted by Crippen LogP contribution is -2.33. The van der Waals surface area contributed by atoms with E-state index in [-0.39, 0.29) is 0 Å². The summed E-state index contributed by atoms with van der Waals surface area (Å²) in [5.41, 5.74) is 3.13. The van der Waals surface area contributed by atoms with E-state index < -0.39 is 0 Å². The second-order valence-corrected chi connectivity index (χ2v) is 5.03. The first-order valence-corrected chi connectivity index (χ1v) is 6.81. The predicted molar refractivity (Wildman–Crippen MR) is 73.8 cm³/mol. The summed E-state index contributed by atoms with van der Waals surface area (Å²) in [6, 6.07) is 4.44. The summed E-state index contributed by atoms with van der Waals surface area (Å²) in [7, 11) is 0. The fourth-order valence-corrected chi connectivity index (χ4v) is 2.68. The Balaban J connectivity index is 2.09. The lowest BCUT2D eigenvalue weighted by atomic mass is 10.1. The first-order valence-electron chi connectivity index (χ1n) is 6.81. The second-order valence-electron chi connectivity index (χ2n) is 5.03. The molecule has 0 aromatic carbocycles. The van der Waals surface area contributed by atoms with E-state index in [9.17, 15) is 0 Å². The summed E-state index contributed by atoms with van der Waals surface area (Å²) < 4.78 is 2.23. The van der Waals surface area contributed by atoms with Crippen LogP contribution in [0.25, 0.3) is 11.4 Å². The van der Waals surface area contributed by atoms with Crippen LogP contribution in [0.15, 0.2) is 12.1 Å². The van der Waals surface area contributed by atoms with Gasteiger partial charge in [-0.25, -0.2) is 0 Å². The Hall–Kier alpha value is -1.75. The van der Waals surface area contributed by atoms with E-state index in [2.05, 4.69) is 38.1 Å². The smallest absolute Gasteiger partial charge is 0.165 e. The molecule has 1 atom stereocenters. The molecule has 0 radical (unpaired) electrons. The van der Waals surface area contributed by atoms with Crippen LogP contribution in [-0.4, -0.2) is 26.3 Å². The zero-order chi connectivity index (χ0) is 13.4. The largest absolute Gasteiger partial charge is 0.308 e. The summed E-state index contributed by atoms with van der Waals surface area (Å²) in [4.78, 5) is 4.52. The molecular formula is C14H19N5. The molecule has 0 fully saturated rings. The molecule has 0 amide bonds. The summed E-state index contributed by atoms with van der Waals surface area (Å²) in [5.74, 6) is 1.99. The monoisotopic (exact) mass is 257 g/mol. The molecule has 1 N–H and O–H groups in total. The van der Waals surface area contributed by atoms with Gasteiger partial charge in [-0.05, 0) is 32.4 Å². The van der Waals surface area contributed by atoms with Crippen molar-refractivity contribution in [2.45, 2.75) is 39.8 Å². The molecular weight excluding hydrogens is 238 g/mol. The first-order chi connectivity index (χ1) is 9.20. The number of pyridine rings is 1. The number of fused-ring (bicyclic) bond motifs is 1. The van der Waals surface area contributed by atoms with Gasteiger partial charge in [0.25, 0.3) is 0 Å². The Morgan fingerprint density at radius 1 is 1.32 bits per heavy atom. The zero-order valence-corrected chi connectivity index (χ0v) is 11.6. The molecule has 1 unspecified atom stereocenters. The minimum absolute atomic E-state index is 0.314. The van der Waals surface area contributed by atoms with Gasteiger partial charge in [0.05, 0.1) is 6.04 Å². The van der Waals surface area contributed by atoms with E-state index in [1.54, 1.807) is 0 Å². The molecule has 1 aliphatic rings. The molecule has 5 heteroatoms. The number of nitrogens with zero attached hydrogens (tertiary/aromatic N) is 4. The van der Waals surface area contributed by atoms with Crippen LogP contribution >= 0.6 is 0 Å². The summed E-state index contributed by atoms with van der Waals surface area (Å²) in [6.07, 6.45) is 1.03. The van der Waals surface area contributed by atoms with Gasteiger partial charge in [-0.2, -0.15) is 0 Å². The number of rotatable bonds is 2. The average molecular weight is 257 g/mol. The second kappa shape index (κ2) is 4.74. The summed E-state index contributed by atoms with van der Waals surface area (Å²) >= 11 is 0. The standard InChI is InChI=1S/C14H19N5/c1-4-12-14-18-17-13(19(14)8-7-15-12)11-6-5-9(2)16-10(11)3/h5-6,12,15H,4,7-8H2,1-3H3. The molecule has 2 aromatic rings. The van der Waals surface area contributed by atoms with Gasteiger partial charge in [0.2, 0.25) is 0 Å². The van der Waals surface area contributed by atoms with Crippen molar-refractivity contribution in [2.75, 3.05) is 6.54 Å². The topological polar surface area (TPSA) is 55.6 Å². The molecule has 0 saturated carbocycles. The molecule has 19 heavy (non-hydrogen) atoms. The van der Waals surface area contributed by atoms with Crippen LogP contribution in [0, 0.1) is 13.8 Å². The molecule has 0 spiro atoms. The quantitative estimate of drug-likeness (QED) is 0.894. The zero-order valence-electron chi connectivity index (χ0n) is 11.6. The molecule has 100 valence electrons. The van der Waals surface area contributed by atoms with Crippen molar-refractivity contribution >= 4 is 0 Å². The van der Waals surface area contributed by atoms with Gasteiger partial charge < -0.3 is 9.88 Å². The van der Waals surface area contributed by atoms with Gasteiger partial charge in [0, 0.05) is 30.0 Å². The third-order valence-corrected chi connectivity index (χ3v) is 3.69. The molecule has 3 heterocycles. The van der Waals surface area contributed by atoms with Gasteiger partial charge in [-0.1, -0.05) is 6.92 Å². The van der Waals surface area contributed by atoms with E-state index in [1.807, 2.05) is 19.9 Å². The third-order valence-electron chi connectivity index (χ3n) is 3.69. The Kier molecular flexibility index (Phi) is 3.06. The van der Waals surface area contributed by atoms with Crippen molar-refractivity contribution in [2.24, 2.45) is 0 Å². The number of nitrogens with one attached hydrogen (secondary N) is 1. The van der Waals surface area contributed by atoms with Crippen LogP contribution in [0.3, 0.4) is 0 Å². The van der Waals surface area contributed by atoms with Crippen molar-refractivity contribution in [3.05, 3.63) is 29.3 Å². The van der Waals surface area contributed by atoms with Crippen molar-refractivity contribution in [1.29, 1.82) is 0 Å². The highest BCUT2D eigenvalue weighted by Crippen LogP contribution is 2.26. The van der Waals surface area contributed by atoms with Crippen LogP contribution in [-0.2, 0) is 6.54 Å². The fourth-order valence-electron chi connectivity index (χ4n) is 2.68. The van der Waals surface area contributed by atoms with Crippen molar-refractivity contribution in [3.8, 4) is 11.4 Å². The first kappa shape index (κ1) is 12.3. The maximum atomic E-state index is 4.52. The lowest BCUT2D eigenvalue weighted by molar-refractivity contribution is 0.407. The Labute approximate surface area is 113 Å². The predicted octanol–water partition coefficient (Wildman–Crippen LogP) is 2.01. The van der Waals surface area contributed by atoms with Gasteiger partial charge in [0.15, 0.2) is 11.6 Å². The van der Waals surface area contributed by atoms with Crippen LogP contribution in [0.1, 0.15) is 36.6 Å². The van der Waals surface area contributed by atoms with Crippen molar-refractivity contribution in [1.82, 2.24) is 25.1 Å². The highest BCUT2D eigenvalue weighted by atomic mass is 15.3. The van der Waals surface area contributed by atoms with Crippen molar-refractivity contribution < 1.29 is 0 Å². The Morgan fingerprint density at radius 2 is 2.16 bits per heavy atom. The van der Waals surface area contributed by atoms with Crippen LogP contribution in [0.5, 0.6) is 0 Å². The Morgan fingerprint density at radius 3 is 2.89 bits per heavy atom. The van der Waals surface area contributed by atoms with Crippen LogP contribution < -0.4 is 5.32 Å². The van der Waals surface area contributed by atoms with Gasteiger partial charge in [-0.15, -0.1) is 10.2 Å². The average Bonchev–Trinajstić information content (AvgIpc) is 2.82. The molecule has 5 nitrogen and oxygen atoms in total. The van der Waals surface area contributed by atoms with Gasteiger partial charge >= 0.3 is 0 Å². The highest BCUT2D eigenvalue weighted by molar-refractivity contribution is 5.58. The summed E-state index contributed by atoms with van der Waals surface area (Å²) in [5, 5.41) is 12.2. The van der Waals surface area contributed by atoms with Crippen LogP contribution in [0.4, 0.5) is 0 Å². The molecule has 0 aliphatic carbocycles. The maximum absolute atomic E-state index is 4.52. The number of hydrogen-bond donors (Lipinski definition) is 1. The molecule has 2 aromatic heterocycles. The normalized spacial score (nSPS) is 18.4. The number of aromatic nitrogens is 4. The number of hydrogen-bond acceptors (Lipinski definition) is 4. The minimum Gasteiger partial charge on any atom is -0.308 e. The molecule has 1 aliphatic heterocycles. The molecule has 0 bridgehead atoms. The van der Waals surface area contributed by atoms with E-state index in [4.69, 9.17) is 0 Å². The van der Waals surface area contributed by atoms with E-state index in [1.165, 1.54) is 0 Å². The van der Waals surface area contributed by atoms with Crippen molar-refractivity contribution in [3.63, 3.8) is 0 Å². The number of aryl methyl sites for hydroxylation is 2. The summed E-state index contributed by atoms with van der Waals surface area (Å²) in [6.45, 7) is 8.09. The minimum atomic E-state index is 0.314. The molecule has 0 saturated heterocycles. The van der Waals surface area contributed by atoms with Crippen LogP contribution in [0.2, 0.25) is 0 Å². The maximum Gasteiger partial charge on any atom is 0.165 e. The Bertz CT molecular complexity index is 602. The van der Waals surface area contributed by atoms with E-state index in [0.717, 1.165) is 48.1 Å². The third kappa shape index (κ3) is 2.04. The van der Waals surface area contributed by atoms with E-state index in [0.29, 0.717) is 6.04 Å². The van der Waals surface area contributed by atoms with Gasteiger partial charge in [0.1, 0.15) is 0 Å². The van der Waals surface area contributed by atoms with Gasteiger partial charge in [-0.3, -0.25) is 4.98 Å². The van der Waals surface area contributed by atoms with E-state index >= 15 is 0 Å².